The van der Waals surface area contributed by atoms with Gasteiger partial charge in [0.25, 0.3) is 5.91 Å². The van der Waals surface area contributed by atoms with Crippen molar-refractivity contribution in [2.75, 3.05) is 13.1 Å². The molecule has 1 atom stereocenters. The van der Waals surface area contributed by atoms with Crippen molar-refractivity contribution in [1.82, 2.24) is 14.7 Å². The van der Waals surface area contributed by atoms with Gasteiger partial charge in [0.15, 0.2) is 0 Å². The Morgan fingerprint density at radius 3 is 2.78 bits per heavy atom. The molecule has 1 unspecified atom stereocenters. The van der Waals surface area contributed by atoms with Gasteiger partial charge < -0.3 is 10.6 Å². The number of aryl methyl sites for hydroxylation is 1. The van der Waals surface area contributed by atoms with Gasteiger partial charge in [-0.15, -0.1) is 11.3 Å². The van der Waals surface area contributed by atoms with E-state index in [1.807, 2.05) is 0 Å². The molecule has 1 aliphatic rings. The number of fused-ring (bicyclic) bond motifs is 1. The summed E-state index contributed by atoms with van der Waals surface area (Å²) in [5.74, 6) is -0.0980. The molecule has 5 nitrogen and oxygen atoms in total. The summed E-state index contributed by atoms with van der Waals surface area (Å²) in [6.07, 6.45) is -3.66. The molecular formula is C18H17F3N4OS. The molecule has 0 aliphatic carbocycles. The summed E-state index contributed by atoms with van der Waals surface area (Å²) >= 11 is 1.24. The number of aromatic nitrogens is 2. The molecule has 4 rings (SSSR count). The van der Waals surface area contributed by atoms with Crippen molar-refractivity contribution < 1.29 is 18.0 Å². The van der Waals surface area contributed by atoms with Crippen LogP contribution in [0.4, 0.5) is 13.2 Å². The summed E-state index contributed by atoms with van der Waals surface area (Å²) in [6.45, 7) is 2.91. The van der Waals surface area contributed by atoms with E-state index in [0.717, 1.165) is 23.9 Å². The van der Waals surface area contributed by atoms with Crippen LogP contribution in [0, 0.1) is 6.92 Å². The molecule has 2 N–H and O–H groups in total. The SMILES string of the molecule is Cc1nn(-c2cccc(C(F)(F)F)c2)c2sc(C(=O)N3CCC(N)C3)cc12. The molecule has 1 amide bonds. The van der Waals surface area contributed by atoms with Crippen LogP contribution in [-0.4, -0.2) is 39.7 Å². The average molecular weight is 394 g/mol. The molecule has 1 saturated heterocycles. The summed E-state index contributed by atoms with van der Waals surface area (Å²) in [5, 5.41) is 5.14. The number of nitrogens with two attached hydrogens (primary N) is 1. The Kier molecular flexibility index (Phi) is 4.23. The highest BCUT2D eigenvalue weighted by Crippen LogP contribution is 2.34. The second kappa shape index (κ2) is 6.35. The van der Waals surface area contributed by atoms with Crippen LogP contribution in [0.25, 0.3) is 15.9 Å². The van der Waals surface area contributed by atoms with Crippen LogP contribution in [0.15, 0.2) is 30.3 Å². The van der Waals surface area contributed by atoms with Gasteiger partial charge >= 0.3 is 6.18 Å². The molecule has 1 fully saturated rings. The molecule has 3 heterocycles. The number of hydrogen-bond acceptors (Lipinski definition) is 4. The quantitative estimate of drug-likeness (QED) is 0.723. The first-order valence-corrected chi connectivity index (χ1v) is 9.27. The van der Waals surface area contributed by atoms with E-state index in [9.17, 15) is 18.0 Å². The molecule has 2 aromatic heterocycles. The number of likely N-dealkylation sites (tertiary alicyclic amines) is 1. The van der Waals surface area contributed by atoms with Gasteiger partial charge in [0.1, 0.15) is 4.83 Å². The predicted molar refractivity (Wildman–Crippen MR) is 97.2 cm³/mol. The summed E-state index contributed by atoms with van der Waals surface area (Å²) in [4.78, 5) is 15.6. The Hall–Kier alpha value is -2.39. The first kappa shape index (κ1) is 18.0. The van der Waals surface area contributed by atoms with Crippen LogP contribution in [0.3, 0.4) is 0 Å². The van der Waals surface area contributed by atoms with Crippen LogP contribution in [0.2, 0.25) is 0 Å². The molecule has 0 spiro atoms. The Balaban J connectivity index is 1.75. The molecule has 27 heavy (non-hydrogen) atoms. The maximum Gasteiger partial charge on any atom is 0.416 e. The number of nitrogens with zero attached hydrogens (tertiary/aromatic N) is 3. The standard InChI is InChI=1S/C18H17F3N4OS/c1-10-14-8-15(16(26)24-6-5-12(22)9-24)27-17(14)25(23-10)13-4-2-3-11(7-13)18(19,20)21/h2-4,7-8,12H,5-6,9,22H2,1H3. The molecule has 0 radical (unpaired) electrons. The third-order valence-corrected chi connectivity index (χ3v) is 5.78. The molecule has 0 bridgehead atoms. The largest absolute Gasteiger partial charge is 0.416 e. The lowest BCUT2D eigenvalue weighted by atomic mass is 10.2. The van der Waals surface area contributed by atoms with Crippen molar-refractivity contribution in [3.05, 3.63) is 46.5 Å². The van der Waals surface area contributed by atoms with Crippen molar-refractivity contribution >= 4 is 27.5 Å². The Morgan fingerprint density at radius 1 is 1.33 bits per heavy atom. The zero-order valence-corrected chi connectivity index (χ0v) is 15.3. The van der Waals surface area contributed by atoms with Gasteiger partial charge in [-0.3, -0.25) is 4.79 Å². The first-order chi connectivity index (χ1) is 12.7. The number of benzene rings is 1. The minimum Gasteiger partial charge on any atom is -0.336 e. The van der Waals surface area contributed by atoms with E-state index in [0.29, 0.717) is 34.2 Å². The average Bonchev–Trinajstić information content (AvgIpc) is 3.30. The highest BCUT2D eigenvalue weighted by molar-refractivity contribution is 7.20. The van der Waals surface area contributed by atoms with Gasteiger partial charge in [-0.2, -0.15) is 18.3 Å². The highest BCUT2D eigenvalue weighted by Gasteiger charge is 2.31. The van der Waals surface area contributed by atoms with Gasteiger partial charge in [0, 0.05) is 24.5 Å². The lowest BCUT2D eigenvalue weighted by Crippen LogP contribution is -2.31. The number of carbonyl (C=O) groups excluding carboxylic acids is 1. The Morgan fingerprint density at radius 2 is 2.11 bits per heavy atom. The minimum absolute atomic E-state index is 0.00864. The smallest absolute Gasteiger partial charge is 0.336 e. The van der Waals surface area contributed by atoms with E-state index >= 15 is 0 Å². The molecule has 142 valence electrons. The van der Waals surface area contributed by atoms with Gasteiger partial charge in [-0.05, 0) is 37.6 Å². The third-order valence-electron chi connectivity index (χ3n) is 4.69. The fourth-order valence-corrected chi connectivity index (χ4v) is 4.42. The van der Waals surface area contributed by atoms with E-state index in [-0.39, 0.29) is 11.9 Å². The fraction of sp³-hybridized carbons (Fsp3) is 0.333. The van der Waals surface area contributed by atoms with Crippen LogP contribution >= 0.6 is 11.3 Å². The number of amides is 1. The molecule has 1 aliphatic heterocycles. The summed E-state index contributed by atoms with van der Waals surface area (Å²) in [5.41, 5.74) is 6.11. The van der Waals surface area contributed by atoms with Crippen LogP contribution in [0.5, 0.6) is 0 Å². The number of thiophene rings is 1. The molecular weight excluding hydrogens is 377 g/mol. The highest BCUT2D eigenvalue weighted by atomic mass is 32.1. The van der Waals surface area contributed by atoms with E-state index in [4.69, 9.17) is 5.73 Å². The summed E-state index contributed by atoms with van der Waals surface area (Å²) in [7, 11) is 0. The summed E-state index contributed by atoms with van der Waals surface area (Å²) in [6, 6.07) is 6.77. The number of rotatable bonds is 2. The van der Waals surface area contributed by atoms with Crippen molar-refractivity contribution in [1.29, 1.82) is 0 Å². The zero-order valence-electron chi connectivity index (χ0n) is 14.5. The van der Waals surface area contributed by atoms with Gasteiger partial charge in [-0.25, -0.2) is 4.68 Å². The van der Waals surface area contributed by atoms with Crippen LogP contribution in [-0.2, 0) is 6.18 Å². The fourth-order valence-electron chi connectivity index (χ4n) is 3.27. The van der Waals surface area contributed by atoms with Gasteiger partial charge in [0.05, 0.1) is 21.8 Å². The van der Waals surface area contributed by atoms with Crippen molar-refractivity contribution in [2.45, 2.75) is 25.6 Å². The number of carbonyl (C=O) groups is 1. The van der Waals surface area contributed by atoms with Crippen LogP contribution in [0.1, 0.15) is 27.3 Å². The minimum atomic E-state index is -4.43. The topological polar surface area (TPSA) is 64.2 Å². The maximum absolute atomic E-state index is 13.0. The first-order valence-electron chi connectivity index (χ1n) is 8.45. The maximum atomic E-state index is 13.0. The van der Waals surface area contributed by atoms with Crippen molar-refractivity contribution in [3.63, 3.8) is 0 Å². The van der Waals surface area contributed by atoms with Crippen molar-refractivity contribution in [3.8, 4) is 5.69 Å². The lowest BCUT2D eigenvalue weighted by Gasteiger charge is -2.14. The molecule has 9 heteroatoms. The molecule has 1 aromatic carbocycles. The number of halogens is 3. The zero-order chi connectivity index (χ0) is 19.3. The third kappa shape index (κ3) is 3.21. The Labute approximate surface area is 157 Å². The second-order valence-electron chi connectivity index (χ2n) is 6.67. The van der Waals surface area contributed by atoms with Crippen molar-refractivity contribution in [2.24, 2.45) is 5.73 Å². The van der Waals surface area contributed by atoms with E-state index in [2.05, 4.69) is 5.10 Å². The normalized spacial score (nSPS) is 17.8. The molecule has 3 aromatic rings. The summed E-state index contributed by atoms with van der Waals surface area (Å²) < 4.78 is 40.6. The second-order valence-corrected chi connectivity index (χ2v) is 7.71. The van der Waals surface area contributed by atoms with Gasteiger partial charge in [-0.1, -0.05) is 6.07 Å². The van der Waals surface area contributed by atoms with E-state index < -0.39 is 11.7 Å². The Bertz CT molecular complexity index is 1020. The van der Waals surface area contributed by atoms with Crippen LogP contribution < -0.4 is 5.73 Å². The lowest BCUT2D eigenvalue weighted by molar-refractivity contribution is -0.137. The molecule has 0 saturated carbocycles. The van der Waals surface area contributed by atoms with E-state index in [1.165, 1.54) is 22.1 Å². The monoisotopic (exact) mass is 394 g/mol. The predicted octanol–water partition coefficient (Wildman–Crippen LogP) is 3.59. The number of hydrogen-bond donors (Lipinski definition) is 1. The van der Waals surface area contributed by atoms with E-state index in [1.54, 1.807) is 24.0 Å². The van der Waals surface area contributed by atoms with Gasteiger partial charge in [0.2, 0.25) is 0 Å². The number of alkyl halides is 3.